The number of ether oxygens (including phenoxy) is 3. The Hall–Kier alpha value is -3.53. The Balaban J connectivity index is 1.64. The molecular formula is C28H33N3O6S. The number of carbonyl (C=O) groups excluding carboxylic acids is 3. The van der Waals surface area contributed by atoms with E-state index >= 15 is 0 Å². The Labute approximate surface area is 227 Å². The molecule has 0 unspecified atom stereocenters. The summed E-state index contributed by atoms with van der Waals surface area (Å²) >= 11 is 1.41. The number of hydrogen-bond acceptors (Lipinski definition) is 9. The second-order valence-electron chi connectivity index (χ2n) is 9.13. The van der Waals surface area contributed by atoms with E-state index in [0.29, 0.717) is 48.3 Å². The molecule has 0 bridgehead atoms. The lowest BCUT2D eigenvalue weighted by atomic mass is 9.93. The van der Waals surface area contributed by atoms with Gasteiger partial charge in [-0.3, -0.25) is 9.59 Å². The Bertz CT molecular complexity index is 1210. The number of allylic oxidation sites excluding steroid dienone is 1. The van der Waals surface area contributed by atoms with Crippen molar-refractivity contribution < 1.29 is 28.6 Å². The maximum absolute atomic E-state index is 13.5. The predicted octanol–water partition coefficient (Wildman–Crippen LogP) is 4.19. The highest BCUT2D eigenvalue weighted by Crippen LogP contribution is 2.47. The molecule has 1 aromatic carbocycles. The van der Waals surface area contributed by atoms with Crippen LogP contribution in [-0.2, 0) is 23.9 Å². The van der Waals surface area contributed by atoms with Crippen molar-refractivity contribution in [1.82, 2.24) is 9.80 Å². The van der Waals surface area contributed by atoms with Gasteiger partial charge in [0.2, 0.25) is 5.91 Å². The van der Waals surface area contributed by atoms with Crippen LogP contribution in [0.25, 0.3) is 0 Å². The third-order valence-corrected chi connectivity index (χ3v) is 7.60. The Morgan fingerprint density at radius 1 is 1.24 bits per heavy atom. The molecule has 1 amide bonds. The standard InChI is InChI=1S/C28H33N3O6S/c1-5-14-37-27(34)24-18(3)29-28-31(25(24)21-11-7-8-12-22(21)35-4)20(17-38-28)15-23(32)30-13-9-10-19(16-30)26(33)36-6-2/h5,7-8,11-12,17,19,25H,1,6,9-10,13-16H2,2-4H3/t19-,25-/m1/s1. The van der Waals surface area contributed by atoms with Crippen LogP contribution in [0.15, 0.2) is 64.3 Å². The van der Waals surface area contributed by atoms with E-state index < -0.39 is 12.0 Å². The molecule has 0 spiro atoms. The zero-order valence-corrected chi connectivity index (χ0v) is 22.8. The minimum Gasteiger partial charge on any atom is -0.496 e. The van der Waals surface area contributed by atoms with Crippen LogP contribution in [0.5, 0.6) is 5.75 Å². The molecule has 3 heterocycles. The van der Waals surface area contributed by atoms with E-state index in [4.69, 9.17) is 19.2 Å². The van der Waals surface area contributed by atoms with Crippen molar-refractivity contribution in [3.8, 4) is 5.75 Å². The Kier molecular flexibility index (Phi) is 8.93. The topological polar surface area (TPSA) is 97.7 Å². The van der Waals surface area contributed by atoms with E-state index in [1.165, 1.54) is 17.8 Å². The van der Waals surface area contributed by atoms with Crippen molar-refractivity contribution in [2.45, 2.75) is 39.2 Å². The Morgan fingerprint density at radius 2 is 2.03 bits per heavy atom. The summed E-state index contributed by atoms with van der Waals surface area (Å²) < 4.78 is 16.3. The number of amidine groups is 1. The highest BCUT2D eigenvalue weighted by atomic mass is 32.2. The molecule has 0 aliphatic carbocycles. The van der Waals surface area contributed by atoms with Crippen LogP contribution in [0.4, 0.5) is 0 Å². The highest BCUT2D eigenvalue weighted by molar-refractivity contribution is 8.16. The molecule has 1 aromatic rings. The van der Waals surface area contributed by atoms with E-state index in [2.05, 4.69) is 6.58 Å². The van der Waals surface area contributed by atoms with Gasteiger partial charge in [0.1, 0.15) is 12.4 Å². The van der Waals surface area contributed by atoms with Crippen LogP contribution in [0.3, 0.4) is 0 Å². The van der Waals surface area contributed by atoms with Crippen LogP contribution in [0, 0.1) is 5.92 Å². The van der Waals surface area contributed by atoms with E-state index in [1.807, 2.05) is 34.6 Å². The van der Waals surface area contributed by atoms with Crippen LogP contribution < -0.4 is 4.74 Å². The van der Waals surface area contributed by atoms with Gasteiger partial charge in [0, 0.05) is 24.4 Å². The number of piperidine rings is 1. The number of hydrogen-bond donors (Lipinski definition) is 0. The van der Waals surface area contributed by atoms with Crippen LogP contribution in [0.1, 0.15) is 44.7 Å². The third-order valence-electron chi connectivity index (χ3n) is 6.71. The second kappa shape index (κ2) is 12.3. The van der Waals surface area contributed by atoms with Gasteiger partial charge in [-0.05, 0) is 38.2 Å². The first-order chi connectivity index (χ1) is 18.4. The smallest absolute Gasteiger partial charge is 0.338 e. The minimum atomic E-state index is -0.598. The van der Waals surface area contributed by atoms with Gasteiger partial charge < -0.3 is 24.0 Å². The number of likely N-dealkylation sites (tertiary alicyclic amines) is 1. The molecule has 3 aliphatic rings. The average Bonchev–Trinajstić information content (AvgIpc) is 3.32. The normalized spacial score (nSPS) is 20.8. The second-order valence-corrected chi connectivity index (χ2v) is 9.97. The zero-order chi connectivity index (χ0) is 27.2. The number of para-hydroxylation sites is 1. The summed E-state index contributed by atoms with van der Waals surface area (Å²) in [5.74, 6) is -0.558. The quantitative estimate of drug-likeness (QED) is 0.340. The van der Waals surface area contributed by atoms with E-state index in [-0.39, 0.29) is 30.8 Å². The highest BCUT2D eigenvalue weighted by Gasteiger charge is 2.42. The maximum Gasteiger partial charge on any atom is 0.338 e. The molecule has 10 heteroatoms. The summed E-state index contributed by atoms with van der Waals surface area (Å²) in [6.45, 7) is 8.51. The lowest BCUT2D eigenvalue weighted by Crippen LogP contribution is -2.44. The van der Waals surface area contributed by atoms with Gasteiger partial charge in [0.15, 0.2) is 5.17 Å². The summed E-state index contributed by atoms with van der Waals surface area (Å²) in [5.41, 5.74) is 2.40. The fraction of sp³-hybridized carbons (Fsp3) is 0.429. The monoisotopic (exact) mass is 539 g/mol. The van der Waals surface area contributed by atoms with Gasteiger partial charge in [-0.15, -0.1) is 0 Å². The van der Waals surface area contributed by atoms with Gasteiger partial charge in [-0.1, -0.05) is 42.6 Å². The SMILES string of the molecule is C=CCOC(=O)C1=C(C)N=C2SC=C(CC(=O)N3CCC[C@@H](C(=O)OCC)C3)N2[C@@H]1c1ccccc1OC. The molecule has 2 atom stereocenters. The molecule has 3 aliphatic heterocycles. The van der Waals surface area contributed by atoms with Crippen molar-refractivity contribution in [2.75, 3.05) is 33.4 Å². The molecule has 9 nitrogen and oxygen atoms in total. The minimum absolute atomic E-state index is 0.0668. The fourth-order valence-electron chi connectivity index (χ4n) is 4.95. The number of thioether (sulfide) groups is 1. The summed E-state index contributed by atoms with van der Waals surface area (Å²) in [6.07, 6.45) is 3.06. The lowest BCUT2D eigenvalue weighted by Gasteiger charge is -2.37. The van der Waals surface area contributed by atoms with Crippen LogP contribution in [-0.4, -0.2) is 66.2 Å². The fourth-order valence-corrected chi connectivity index (χ4v) is 5.92. The lowest BCUT2D eigenvalue weighted by molar-refractivity contribution is -0.151. The molecule has 0 saturated carbocycles. The molecule has 0 radical (unpaired) electrons. The number of amides is 1. The summed E-state index contributed by atoms with van der Waals surface area (Å²) in [4.78, 5) is 47.4. The molecule has 202 valence electrons. The van der Waals surface area contributed by atoms with E-state index in [9.17, 15) is 14.4 Å². The molecule has 1 saturated heterocycles. The van der Waals surface area contributed by atoms with Gasteiger partial charge in [0.05, 0.1) is 43.4 Å². The number of rotatable bonds is 9. The first-order valence-corrected chi connectivity index (χ1v) is 13.6. The van der Waals surface area contributed by atoms with Crippen molar-refractivity contribution in [2.24, 2.45) is 10.9 Å². The average molecular weight is 540 g/mol. The van der Waals surface area contributed by atoms with Gasteiger partial charge in [0.25, 0.3) is 0 Å². The number of fused-ring (bicyclic) bond motifs is 1. The van der Waals surface area contributed by atoms with Gasteiger partial charge in [-0.2, -0.15) is 0 Å². The summed E-state index contributed by atoms with van der Waals surface area (Å²) in [7, 11) is 1.58. The summed E-state index contributed by atoms with van der Waals surface area (Å²) in [5, 5.41) is 2.57. The van der Waals surface area contributed by atoms with Crippen molar-refractivity contribution in [3.63, 3.8) is 0 Å². The van der Waals surface area contributed by atoms with Gasteiger partial charge >= 0.3 is 11.9 Å². The van der Waals surface area contributed by atoms with Crippen molar-refractivity contribution in [1.29, 1.82) is 0 Å². The summed E-state index contributed by atoms with van der Waals surface area (Å²) in [6, 6.07) is 6.88. The first kappa shape index (κ1) is 27.5. The van der Waals surface area contributed by atoms with Gasteiger partial charge in [-0.25, -0.2) is 9.79 Å². The van der Waals surface area contributed by atoms with Crippen LogP contribution in [0.2, 0.25) is 0 Å². The molecule has 0 aromatic heterocycles. The molecule has 38 heavy (non-hydrogen) atoms. The first-order valence-electron chi connectivity index (χ1n) is 12.7. The third kappa shape index (κ3) is 5.65. The van der Waals surface area contributed by atoms with E-state index in [0.717, 1.165) is 17.7 Å². The van der Waals surface area contributed by atoms with Crippen LogP contribution >= 0.6 is 11.8 Å². The molecule has 0 N–H and O–H groups in total. The van der Waals surface area contributed by atoms with Crippen molar-refractivity contribution >= 4 is 34.8 Å². The number of aliphatic imine (C=N–C) groups is 1. The number of methoxy groups -OCH3 is 1. The predicted molar refractivity (Wildman–Crippen MR) is 145 cm³/mol. The van der Waals surface area contributed by atoms with Crippen molar-refractivity contribution in [3.05, 3.63) is 64.9 Å². The molecular weight excluding hydrogens is 506 g/mol. The molecule has 4 rings (SSSR count). The number of esters is 2. The number of carbonyl (C=O) groups is 3. The Morgan fingerprint density at radius 3 is 2.76 bits per heavy atom. The number of nitrogens with zero attached hydrogens (tertiary/aromatic N) is 3. The van der Waals surface area contributed by atoms with E-state index in [1.54, 1.807) is 25.9 Å². The number of benzene rings is 1. The zero-order valence-electron chi connectivity index (χ0n) is 22.0. The molecule has 1 fully saturated rings. The maximum atomic E-state index is 13.5. The largest absolute Gasteiger partial charge is 0.496 e.